The molecule has 3 aliphatic rings. The number of rotatable bonds is 2. The number of alkyl halides is 1. The number of anilines is 1. The summed E-state index contributed by atoms with van der Waals surface area (Å²) in [5.74, 6) is -0.369. The quantitative estimate of drug-likeness (QED) is 0.659. The van der Waals surface area contributed by atoms with E-state index in [2.05, 4.69) is 21.2 Å². The third kappa shape index (κ3) is 1.79. The zero-order valence-electron chi connectivity index (χ0n) is 11.6. The van der Waals surface area contributed by atoms with Crippen LogP contribution in [0.4, 0.5) is 5.69 Å². The number of fused-ring (bicyclic) bond motifs is 1. The molecule has 1 saturated heterocycles. The van der Waals surface area contributed by atoms with Crippen molar-refractivity contribution in [2.45, 2.75) is 24.3 Å². The highest BCUT2D eigenvalue weighted by Crippen LogP contribution is 2.60. The topological polar surface area (TPSA) is 55.4 Å². The van der Waals surface area contributed by atoms with E-state index in [1.54, 1.807) is 0 Å². The second kappa shape index (κ2) is 4.57. The molecule has 21 heavy (non-hydrogen) atoms. The summed E-state index contributed by atoms with van der Waals surface area (Å²) in [7, 11) is 0. The number of ether oxygens (including phenoxy) is 1. The van der Waals surface area contributed by atoms with Crippen LogP contribution in [0.1, 0.15) is 12.0 Å². The van der Waals surface area contributed by atoms with Crippen LogP contribution in [-0.4, -0.2) is 22.8 Å². The van der Waals surface area contributed by atoms with E-state index >= 15 is 0 Å². The molecule has 0 unspecified atom stereocenters. The van der Waals surface area contributed by atoms with Gasteiger partial charge in [-0.05, 0) is 30.9 Å². The molecule has 4 rings (SSSR count). The predicted molar refractivity (Wildman–Crippen MR) is 81.0 cm³/mol. The molecular weight excluding hydrogens is 334 g/mol. The van der Waals surface area contributed by atoms with Crippen molar-refractivity contribution in [3.63, 3.8) is 0 Å². The highest BCUT2D eigenvalue weighted by Gasteiger charge is 2.67. The van der Waals surface area contributed by atoms with Crippen molar-refractivity contribution in [1.29, 1.82) is 0 Å². The standard InChI is InChI=1S/C16H16BrNO3/c1-7-4-2-3-5-10(7)18-15(19)11-8-6-9-12(11)16(20)21-14(9)13(8)17/h2-5,8-9,11-14H,6H2,1H3,(H,18,19)/t8-,9-,11-,12-,13+,14+/m1/s1. The minimum Gasteiger partial charge on any atom is -0.461 e. The molecule has 0 spiro atoms. The summed E-state index contributed by atoms with van der Waals surface area (Å²) in [5, 5.41) is 2.99. The molecule has 4 nitrogen and oxygen atoms in total. The normalized spacial score (nSPS) is 39.4. The Morgan fingerprint density at radius 3 is 2.86 bits per heavy atom. The number of hydrogen-bond donors (Lipinski definition) is 1. The molecule has 110 valence electrons. The van der Waals surface area contributed by atoms with Crippen LogP contribution >= 0.6 is 15.9 Å². The maximum Gasteiger partial charge on any atom is 0.310 e. The average molecular weight is 350 g/mol. The van der Waals surface area contributed by atoms with Crippen LogP contribution in [0.3, 0.4) is 0 Å². The maximum atomic E-state index is 12.7. The SMILES string of the molecule is Cc1ccccc1NC(=O)[C@@H]1[C@H]2C[C@H]3[C@H](OC(=O)[C@H]31)[C@H]2Br. The van der Waals surface area contributed by atoms with Crippen molar-refractivity contribution < 1.29 is 14.3 Å². The molecule has 0 aromatic heterocycles. The summed E-state index contributed by atoms with van der Waals surface area (Å²) in [6, 6.07) is 7.69. The van der Waals surface area contributed by atoms with Gasteiger partial charge in [0.05, 0.1) is 16.7 Å². The first-order chi connectivity index (χ1) is 10.1. The maximum absolute atomic E-state index is 12.7. The van der Waals surface area contributed by atoms with Crippen molar-refractivity contribution >= 4 is 33.5 Å². The average Bonchev–Trinajstić information content (AvgIpc) is 3.05. The summed E-state index contributed by atoms with van der Waals surface area (Å²) in [5.41, 5.74) is 1.84. The number of amides is 1. The van der Waals surface area contributed by atoms with Gasteiger partial charge in [-0.1, -0.05) is 34.1 Å². The van der Waals surface area contributed by atoms with Gasteiger partial charge in [-0.15, -0.1) is 0 Å². The Labute approximate surface area is 131 Å². The van der Waals surface area contributed by atoms with E-state index in [1.807, 2.05) is 31.2 Å². The van der Waals surface area contributed by atoms with Gasteiger partial charge in [-0.25, -0.2) is 0 Å². The lowest BCUT2D eigenvalue weighted by Crippen LogP contribution is -2.40. The number of hydrogen-bond acceptors (Lipinski definition) is 3. The van der Waals surface area contributed by atoms with Crippen molar-refractivity contribution in [2.24, 2.45) is 23.7 Å². The van der Waals surface area contributed by atoms with Crippen LogP contribution in [0, 0.1) is 30.6 Å². The van der Waals surface area contributed by atoms with Crippen LogP contribution in [0.25, 0.3) is 0 Å². The zero-order valence-corrected chi connectivity index (χ0v) is 13.2. The van der Waals surface area contributed by atoms with Crippen LogP contribution in [0.5, 0.6) is 0 Å². The van der Waals surface area contributed by atoms with Gasteiger partial charge >= 0.3 is 5.97 Å². The number of carbonyl (C=O) groups excluding carboxylic acids is 2. The molecule has 1 amide bonds. The minimum atomic E-state index is -0.273. The third-order valence-electron chi connectivity index (χ3n) is 5.23. The molecule has 0 radical (unpaired) electrons. The zero-order chi connectivity index (χ0) is 14.7. The molecule has 2 bridgehead atoms. The molecule has 1 aromatic carbocycles. The first-order valence-electron chi connectivity index (χ1n) is 7.29. The number of para-hydroxylation sites is 1. The van der Waals surface area contributed by atoms with Gasteiger partial charge in [0.25, 0.3) is 0 Å². The highest BCUT2D eigenvalue weighted by atomic mass is 79.9. The Morgan fingerprint density at radius 1 is 1.33 bits per heavy atom. The van der Waals surface area contributed by atoms with Gasteiger partial charge in [0, 0.05) is 11.6 Å². The van der Waals surface area contributed by atoms with E-state index in [-0.39, 0.29) is 46.5 Å². The van der Waals surface area contributed by atoms with Crippen molar-refractivity contribution in [2.75, 3.05) is 5.32 Å². The Hall–Kier alpha value is -1.36. The van der Waals surface area contributed by atoms with Gasteiger partial charge in [-0.3, -0.25) is 9.59 Å². The predicted octanol–water partition coefficient (Wildman–Crippen LogP) is 2.50. The number of nitrogens with one attached hydrogen (secondary N) is 1. The molecule has 5 heteroatoms. The van der Waals surface area contributed by atoms with E-state index in [1.165, 1.54) is 0 Å². The molecule has 3 fully saturated rings. The molecule has 2 aliphatic carbocycles. The molecular formula is C16H16BrNO3. The smallest absolute Gasteiger partial charge is 0.310 e. The largest absolute Gasteiger partial charge is 0.461 e. The fourth-order valence-corrected chi connectivity index (χ4v) is 5.30. The second-order valence-corrected chi connectivity index (χ2v) is 7.32. The van der Waals surface area contributed by atoms with E-state index in [0.717, 1.165) is 17.7 Å². The van der Waals surface area contributed by atoms with Gasteiger partial charge in [0.1, 0.15) is 6.10 Å². The number of aryl methyl sites for hydroxylation is 1. The number of halogens is 1. The molecule has 1 N–H and O–H groups in total. The number of carbonyl (C=O) groups is 2. The van der Waals surface area contributed by atoms with Gasteiger partial charge in [0.2, 0.25) is 5.91 Å². The van der Waals surface area contributed by atoms with Crippen molar-refractivity contribution in [3.8, 4) is 0 Å². The van der Waals surface area contributed by atoms with Crippen LogP contribution in [0.15, 0.2) is 24.3 Å². The first kappa shape index (κ1) is 13.3. The Kier molecular flexibility index (Phi) is 2.89. The summed E-state index contributed by atoms with van der Waals surface area (Å²) in [6.45, 7) is 1.96. The van der Waals surface area contributed by atoms with Gasteiger partial charge in [0.15, 0.2) is 0 Å². The number of benzene rings is 1. The van der Waals surface area contributed by atoms with Crippen LogP contribution in [-0.2, 0) is 14.3 Å². The monoisotopic (exact) mass is 349 g/mol. The number of esters is 1. The summed E-state index contributed by atoms with van der Waals surface area (Å²) >= 11 is 3.63. The lowest BCUT2D eigenvalue weighted by atomic mass is 9.79. The van der Waals surface area contributed by atoms with E-state index in [0.29, 0.717) is 0 Å². The Morgan fingerprint density at radius 2 is 2.10 bits per heavy atom. The molecule has 1 aliphatic heterocycles. The third-order valence-corrected chi connectivity index (χ3v) is 6.43. The Bertz CT molecular complexity index is 632. The lowest BCUT2D eigenvalue weighted by molar-refractivity contribution is -0.145. The van der Waals surface area contributed by atoms with E-state index in [9.17, 15) is 9.59 Å². The van der Waals surface area contributed by atoms with Gasteiger partial charge in [-0.2, -0.15) is 0 Å². The van der Waals surface area contributed by atoms with E-state index < -0.39 is 0 Å². The van der Waals surface area contributed by atoms with Crippen molar-refractivity contribution in [1.82, 2.24) is 0 Å². The van der Waals surface area contributed by atoms with Crippen molar-refractivity contribution in [3.05, 3.63) is 29.8 Å². The van der Waals surface area contributed by atoms with Crippen LogP contribution in [0.2, 0.25) is 0 Å². The molecule has 1 aromatic rings. The second-order valence-electron chi connectivity index (χ2n) is 6.27. The molecule has 1 heterocycles. The molecule has 2 saturated carbocycles. The van der Waals surface area contributed by atoms with Crippen LogP contribution < -0.4 is 5.32 Å². The molecule has 6 atom stereocenters. The first-order valence-corrected chi connectivity index (χ1v) is 8.20. The summed E-state index contributed by atoms with van der Waals surface area (Å²) in [4.78, 5) is 24.9. The summed E-state index contributed by atoms with van der Waals surface area (Å²) in [6.07, 6.45) is 0.873. The van der Waals surface area contributed by atoms with Gasteiger partial charge < -0.3 is 10.1 Å². The fraction of sp³-hybridized carbons (Fsp3) is 0.500. The summed E-state index contributed by atoms with van der Waals surface area (Å²) < 4.78 is 5.44. The Balaban J connectivity index is 1.61. The minimum absolute atomic E-state index is 0.0324. The highest BCUT2D eigenvalue weighted by molar-refractivity contribution is 9.09. The lowest BCUT2D eigenvalue weighted by Gasteiger charge is -2.27. The van der Waals surface area contributed by atoms with E-state index in [4.69, 9.17) is 4.74 Å². The fourth-order valence-electron chi connectivity index (χ4n) is 4.26.